The number of amides is 1. The van der Waals surface area contributed by atoms with Crippen molar-refractivity contribution in [2.75, 3.05) is 38.6 Å². The summed E-state index contributed by atoms with van der Waals surface area (Å²) >= 11 is 0. The Balaban J connectivity index is 1.86. The van der Waals surface area contributed by atoms with Crippen molar-refractivity contribution in [3.05, 3.63) is 18.1 Å². The summed E-state index contributed by atoms with van der Waals surface area (Å²) in [6, 6.07) is 0.0204. The molecule has 19 heavy (non-hydrogen) atoms. The number of hydrogen-bond donors (Lipinski definition) is 2. The number of morpholine rings is 1. The third kappa shape index (κ3) is 3.87. The Kier molecular flexibility index (Phi) is 4.64. The van der Waals surface area contributed by atoms with Gasteiger partial charge in [-0.05, 0) is 6.92 Å². The van der Waals surface area contributed by atoms with E-state index in [9.17, 15) is 4.79 Å². The van der Waals surface area contributed by atoms with Crippen molar-refractivity contribution in [1.29, 1.82) is 0 Å². The van der Waals surface area contributed by atoms with Gasteiger partial charge in [0.25, 0.3) is 5.91 Å². The largest absolute Gasteiger partial charge is 0.382 e. The molecule has 0 unspecified atom stereocenters. The van der Waals surface area contributed by atoms with Crippen molar-refractivity contribution >= 4 is 11.7 Å². The summed E-state index contributed by atoms with van der Waals surface area (Å²) in [6.07, 6.45) is 2.92. The minimum absolute atomic E-state index is 0.0204. The number of anilines is 1. The molecule has 0 radical (unpaired) electrons. The summed E-state index contributed by atoms with van der Waals surface area (Å²) in [6.45, 7) is 6.03. The molecule has 1 aliphatic heterocycles. The van der Waals surface area contributed by atoms with Gasteiger partial charge in [-0.2, -0.15) is 0 Å². The van der Waals surface area contributed by atoms with Gasteiger partial charge in [0.05, 0.1) is 13.2 Å². The van der Waals surface area contributed by atoms with E-state index in [2.05, 4.69) is 20.2 Å². The zero-order valence-corrected chi connectivity index (χ0v) is 11.0. The van der Waals surface area contributed by atoms with Gasteiger partial charge in [0.1, 0.15) is 0 Å². The zero-order valence-electron chi connectivity index (χ0n) is 11.0. The maximum absolute atomic E-state index is 12.0. The molecule has 1 saturated heterocycles. The fraction of sp³-hybridized carbons (Fsp3) is 0.583. The summed E-state index contributed by atoms with van der Waals surface area (Å²) in [5.74, 6) is -0.134. The number of rotatable bonds is 4. The Morgan fingerprint density at radius 3 is 2.84 bits per heavy atom. The molecule has 0 aromatic carbocycles. The number of carbonyl (C=O) groups excluding carboxylic acids is 1. The molecule has 0 aliphatic carbocycles. The standard InChI is InChI=1S/C12H19N5O2/c1-9(8-17-4-6-19-7-5-17)16-12(18)10-11(13)15-3-2-14-10/h2-3,9H,4-8H2,1H3,(H2,13,15)(H,16,18)/t9-/m0/s1. The highest BCUT2D eigenvalue weighted by Gasteiger charge is 2.18. The van der Waals surface area contributed by atoms with Gasteiger partial charge in [-0.1, -0.05) is 0 Å². The van der Waals surface area contributed by atoms with E-state index in [1.54, 1.807) is 0 Å². The van der Waals surface area contributed by atoms with Gasteiger partial charge in [0.15, 0.2) is 11.5 Å². The van der Waals surface area contributed by atoms with Crippen LogP contribution in [-0.2, 0) is 4.74 Å². The van der Waals surface area contributed by atoms with E-state index in [0.29, 0.717) is 0 Å². The van der Waals surface area contributed by atoms with E-state index in [0.717, 1.165) is 32.8 Å². The second-order valence-electron chi connectivity index (χ2n) is 4.58. The van der Waals surface area contributed by atoms with Crippen LogP contribution in [0.15, 0.2) is 12.4 Å². The SMILES string of the molecule is C[C@@H](CN1CCOCC1)NC(=O)c1nccnc1N. The number of nitrogens with two attached hydrogens (primary N) is 1. The third-order valence-corrected chi connectivity index (χ3v) is 2.95. The smallest absolute Gasteiger partial charge is 0.273 e. The summed E-state index contributed by atoms with van der Waals surface area (Å²) < 4.78 is 5.28. The van der Waals surface area contributed by atoms with E-state index in [1.165, 1.54) is 12.4 Å². The molecule has 104 valence electrons. The molecule has 0 spiro atoms. The fourth-order valence-electron chi connectivity index (χ4n) is 2.03. The lowest BCUT2D eigenvalue weighted by atomic mass is 10.2. The van der Waals surface area contributed by atoms with Crippen molar-refractivity contribution < 1.29 is 9.53 Å². The lowest BCUT2D eigenvalue weighted by molar-refractivity contribution is 0.0342. The van der Waals surface area contributed by atoms with Crippen molar-refractivity contribution in [3.63, 3.8) is 0 Å². The monoisotopic (exact) mass is 265 g/mol. The molecule has 3 N–H and O–H groups in total. The first-order valence-corrected chi connectivity index (χ1v) is 6.34. The highest BCUT2D eigenvalue weighted by molar-refractivity contribution is 5.96. The number of nitrogen functional groups attached to an aromatic ring is 1. The van der Waals surface area contributed by atoms with Crippen LogP contribution in [0.5, 0.6) is 0 Å². The number of nitrogens with zero attached hydrogens (tertiary/aromatic N) is 3. The number of ether oxygens (including phenoxy) is 1. The van der Waals surface area contributed by atoms with Crippen LogP contribution < -0.4 is 11.1 Å². The van der Waals surface area contributed by atoms with Crippen LogP contribution in [0.25, 0.3) is 0 Å². The first-order valence-electron chi connectivity index (χ1n) is 6.34. The third-order valence-electron chi connectivity index (χ3n) is 2.95. The predicted octanol–water partition coefficient (Wildman–Crippen LogP) is -0.491. The van der Waals surface area contributed by atoms with E-state index in [-0.39, 0.29) is 23.5 Å². The summed E-state index contributed by atoms with van der Waals surface area (Å²) in [4.78, 5) is 22.0. The van der Waals surface area contributed by atoms with E-state index in [1.807, 2.05) is 6.92 Å². The van der Waals surface area contributed by atoms with Crippen molar-refractivity contribution in [2.45, 2.75) is 13.0 Å². The maximum atomic E-state index is 12.0. The molecule has 1 aromatic heterocycles. The Hall–Kier alpha value is -1.73. The van der Waals surface area contributed by atoms with Crippen LogP contribution >= 0.6 is 0 Å². The number of hydrogen-bond acceptors (Lipinski definition) is 6. The first-order chi connectivity index (χ1) is 9.16. The summed E-state index contributed by atoms with van der Waals surface area (Å²) in [5.41, 5.74) is 5.80. The molecule has 2 heterocycles. The molecule has 0 saturated carbocycles. The summed E-state index contributed by atoms with van der Waals surface area (Å²) in [7, 11) is 0. The maximum Gasteiger partial charge on any atom is 0.273 e. The Morgan fingerprint density at radius 2 is 2.16 bits per heavy atom. The molecule has 1 atom stereocenters. The van der Waals surface area contributed by atoms with Crippen LogP contribution in [0.4, 0.5) is 5.82 Å². The number of aromatic nitrogens is 2. The molecule has 1 fully saturated rings. The van der Waals surface area contributed by atoms with Crippen LogP contribution in [0.2, 0.25) is 0 Å². The molecule has 1 aromatic rings. The zero-order chi connectivity index (χ0) is 13.7. The summed E-state index contributed by atoms with van der Waals surface area (Å²) in [5, 5.41) is 2.88. The number of nitrogens with one attached hydrogen (secondary N) is 1. The molecule has 0 bridgehead atoms. The molecule has 7 heteroatoms. The molecular weight excluding hydrogens is 246 g/mol. The topological polar surface area (TPSA) is 93.4 Å². The van der Waals surface area contributed by atoms with Gasteiger partial charge < -0.3 is 15.8 Å². The predicted molar refractivity (Wildman–Crippen MR) is 70.6 cm³/mol. The number of carbonyl (C=O) groups is 1. The molecule has 2 rings (SSSR count). The minimum atomic E-state index is -0.286. The quantitative estimate of drug-likeness (QED) is 0.763. The molecular formula is C12H19N5O2. The van der Waals surface area contributed by atoms with Gasteiger partial charge in [0.2, 0.25) is 0 Å². The Labute approximate surface area is 112 Å². The normalized spacial score (nSPS) is 17.9. The van der Waals surface area contributed by atoms with E-state index in [4.69, 9.17) is 10.5 Å². The lowest BCUT2D eigenvalue weighted by Crippen LogP contribution is -2.46. The second-order valence-corrected chi connectivity index (χ2v) is 4.58. The fourth-order valence-corrected chi connectivity index (χ4v) is 2.03. The average Bonchev–Trinajstić information content (AvgIpc) is 2.40. The van der Waals surface area contributed by atoms with Crippen LogP contribution in [-0.4, -0.2) is 59.7 Å². The van der Waals surface area contributed by atoms with Gasteiger partial charge in [-0.25, -0.2) is 9.97 Å². The van der Waals surface area contributed by atoms with Crippen molar-refractivity contribution in [3.8, 4) is 0 Å². The van der Waals surface area contributed by atoms with Crippen LogP contribution in [0.1, 0.15) is 17.4 Å². The molecule has 1 aliphatic rings. The minimum Gasteiger partial charge on any atom is -0.382 e. The highest BCUT2D eigenvalue weighted by Crippen LogP contribution is 2.04. The Morgan fingerprint density at radius 1 is 1.47 bits per heavy atom. The van der Waals surface area contributed by atoms with E-state index >= 15 is 0 Å². The van der Waals surface area contributed by atoms with E-state index < -0.39 is 0 Å². The lowest BCUT2D eigenvalue weighted by Gasteiger charge is -2.29. The first kappa shape index (κ1) is 13.7. The van der Waals surface area contributed by atoms with Crippen molar-refractivity contribution in [2.24, 2.45) is 0 Å². The molecule has 7 nitrogen and oxygen atoms in total. The molecule has 1 amide bonds. The van der Waals surface area contributed by atoms with Crippen LogP contribution in [0, 0.1) is 0 Å². The van der Waals surface area contributed by atoms with Gasteiger partial charge in [-0.3, -0.25) is 9.69 Å². The second kappa shape index (κ2) is 6.44. The van der Waals surface area contributed by atoms with Gasteiger partial charge in [-0.15, -0.1) is 0 Å². The average molecular weight is 265 g/mol. The van der Waals surface area contributed by atoms with Crippen LogP contribution in [0.3, 0.4) is 0 Å². The van der Waals surface area contributed by atoms with Gasteiger partial charge in [0, 0.05) is 38.1 Å². The van der Waals surface area contributed by atoms with Crippen molar-refractivity contribution in [1.82, 2.24) is 20.2 Å². The Bertz CT molecular complexity index is 434. The van der Waals surface area contributed by atoms with Gasteiger partial charge >= 0.3 is 0 Å². The highest BCUT2D eigenvalue weighted by atomic mass is 16.5.